The van der Waals surface area contributed by atoms with Crippen LogP contribution in [-0.4, -0.2) is 18.1 Å². The van der Waals surface area contributed by atoms with E-state index in [9.17, 15) is 5.26 Å². The van der Waals surface area contributed by atoms with Gasteiger partial charge in [-0.25, -0.2) is 0 Å². The zero-order chi connectivity index (χ0) is 15.0. The molecule has 2 nitrogen and oxygen atoms in total. The van der Waals surface area contributed by atoms with Gasteiger partial charge < -0.3 is 0 Å². The normalized spacial score (nSPS) is 18.3. The van der Waals surface area contributed by atoms with Crippen LogP contribution < -0.4 is 5.32 Å². The topological polar surface area (TPSA) is 35.8 Å². The number of nitriles is 1. The Labute approximate surface area is 133 Å². The monoisotopic (exact) mass is 302 g/mol. The molecule has 1 aromatic carbocycles. The van der Waals surface area contributed by atoms with E-state index < -0.39 is 5.54 Å². The van der Waals surface area contributed by atoms with Crippen molar-refractivity contribution in [3.63, 3.8) is 0 Å². The first-order valence-electron chi connectivity index (χ1n) is 8.10. The van der Waals surface area contributed by atoms with Crippen molar-refractivity contribution in [2.24, 2.45) is 5.92 Å². The van der Waals surface area contributed by atoms with Gasteiger partial charge in [-0.3, -0.25) is 5.32 Å². The van der Waals surface area contributed by atoms with Gasteiger partial charge in [0.25, 0.3) is 0 Å². The Hall–Kier alpha value is -0.980. The van der Waals surface area contributed by atoms with E-state index in [0.717, 1.165) is 30.2 Å². The molecular formula is C18H26N2S. The Kier molecular flexibility index (Phi) is 6.60. The first-order chi connectivity index (χ1) is 10.3. The molecule has 2 rings (SSSR count). The maximum absolute atomic E-state index is 9.75. The second-order valence-corrected chi connectivity index (χ2v) is 7.04. The molecule has 0 aliphatic heterocycles. The smallest absolute Gasteiger partial charge is 0.133 e. The van der Waals surface area contributed by atoms with Crippen molar-refractivity contribution < 1.29 is 0 Å². The average molecular weight is 302 g/mol. The van der Waals surface area contributed by atoms with Crippen molar-refractivity contribution in [3.05, 3.63) is 35.9 Å². The van der Waals surface area contributed by atoms with E-state index >= 15 is 0 Å². The zero-order valence-corrected chi connectivity index (χ0v) is 13.8. The van der Waals surface area contributed by atoms with Crippen LogP contribution in [0.1, 0.15) is 44.6 Å². The standard InChI is InChI=1S/C18H26N2S/c1-2-20-18(15-19,17-10-4-3-5-11-17)12-13-21-14-16-8-6-7-9-16/h3-5,10-11,16,20H,2,6-9,12-14H2,1H3. The molecule has 0 bridgehead atoms. The largest absolute Gasteiger partial charge is 0.296 e. The Morgan fingerprint density at radius 1 is 1.29 bits per heavy atom. The molecule has 1 aliphatic rings. The number of hydrogen-bond acceptors (Lipinski definition) is 3. The van der Waals surface area contributed by atoms with E-state index in [1.54, 1.807) is 0 Å². The highest BCUT2D eigenvalue weighted by atomic mass is 32.2. The van der Waals surface area contributed by atoms with Gasteiger partial charge in [0.15, 0.2) is 0 Å². The molecule has 1 fully saturated rings. The van der Waals surface area contributed by atoms with Crippen LogP contribution in [0.3, 0.4) is 0 Å². The third kappa shape index (κ3) is 4.49. The summed E-state index contributed by atoms with van der Waals surface area (Å²) < 4.78 is 0. The molecule has 21 heavy (non-hydrogen) atoms. The molecule has 1 N–H and O–H groups in total. The molecule has 1 aliphatic carbocycles. The van der Waals surface area contributed by atoms with Gasteiger partial charge in [0.2, 0.25) is 0 Å². The lowest BCUT2D eigenvalue weighted by Gasteiger charge is -2.28. The summed E-state index contributed by atoms with van der Waals surface area (Å²) >= 11 is 2.02. The minimum Gasteiger partial charge on any atom is -0.296 e. The molecule has 0 heterocycles. The van der Waals surface area contributed by atoms with Crippen molar-refractivity contribution in [1.82, 2.24) is 5.32 Å². The minimum absolute atomic E-state index is 0.529. The Morgan fingerprint density at radius 2 is 2.00 bits per heavy atom. The number of rotatable bonds is 8. The molecule has 0 aromatic heterocycles. The fourth-order valence-electron chi connectivity index (χ4n) is 3.17. The summed E-state index contributed by atoms with van der Waals surface area (Å²) in [6, 6.07) is 12.7. The van der Waals surface area contributed by atoms with Crippen LogP contribution in [-0.2, 0) is 5.54 Å². The summed E-state index contributed by atoms with van der Waals surface area (Å²) in [6.07, 6.45) is 6.51. The minimum atomic E-state index is -0.529. The van der Waals surface area contributed by atoms with E-state index in [1.807, 2.05) is 30.0 Å². The molecule has 1 unspecified atom stereocenters. The van der Waals surface area contributed by atoms with Gasteiger partial charge in [-0.15, -0.1) is 0 Å². The van der Waals surface area contributed by atoms with Gasteiger partial charge in [-0.05, 0) is 48.8 Å². The Morgan fingerprint density at radius 3 is 2.62 bits per heavy atom. The van der Waals surface area contributed by atoms with E-state index in [1.165, 1.54) is 31.4 Å². The van der Waals surface area contributed by atoms with Crippen LogP contribution in [0.4, 0.5) is 0 Å². The second-order valence-electron chi connectivity index (χ2n) is 5.89. The van der Waals surface area contributed by atoms with Crippen molar-refractivity contribution in [1.29, 1.82) is 5.26 Å². The molecule has 1 atom stereocenters. The molecule has 0 spiro atoms. The number of nitrogens with zero attached hydrogens (tertiary/aromatic N) is 1. The molecule has 0 saturated heterocycles. The highest BCUT2D eigenvalue weighted by Crippen LogP contribution is 2.30. The van der Waals surface area contributed by atoms with E-state index in [2.05, 4.69) is 30.4 Å². The van der Waals surface area contributed by atoms with Crippen LogP contribution in [0.5, 0.6) is 0 Å². The van der Waals surface area contributed by atoms with Gasteiger partial charge in [-0.2, -0.15) is 17.0 Å². The molecule has 0 amide bonds. The third-order valence-electron chi connectivity index (χ3n) is 4.39. The maximum Gasteiger partial charge on any atom is 0.133 e. The predicted octanol–water partition coefficient (Wildman–Crippen LogP) is 4.33. The van der Waals surface area contributed by atoms with Crippen LogP contribution in [0.15, 0.2) is 30.3 Å². The van der Waals surface area contributed by atoms with Gasteiger partial charge in [0, 0.05) is 0 Å². The fourth-order valence-corrected chi connectivity index (χ4v) is 4.46. The summed E-state index contributed by atoms with van der Waals surface area (Å²) in [4.78, 5) is 0. The average Bonchev–Trinajstić information content (AvgIpc) is 3.05. The van der Waals surface area contributed by atoms with Crippen LogP contribution in [0, 0.1) is 17.2 Å². The number of thioether (sulfide) groups is 1. The summed E-state index contributed by atoms with van der Waals surface area (Å²) in [5, 5.41) is 13.2. The maximum atomic E-state index is 9.75. The molecule has 1 aromatic rings. The van der Waals surface area contributed by atoms with Crippen LogP contribution in [0.25, 0.3) is 0 Å². The van der Waals surface area contributed by atoms with Crippen LogP contribution >= 0.6 is 11.8 Å². The van der Waals surface area contributed by atoms with E-state index in [4.69, 9.17) is 0 Å². The highest BCUT2D eigenvalue weighted by molar-refractivity contribution is 7.99. The Bertz CT molecular complexity index is 448. The highest BCUT2D eigenvalue weighted by Gasteiger charge is 2.30. The summed E-state index contributed by atoms with van der Waals surface area (Å²) in [7, 11) is 0. The lowest BCUT2D eigenvalue weighted by Crippen LogP contribution is -2.41. The quantitative estimate of drug-likeness (QED) is 0.726. The van der Waals surface area contributed by atoms with Crippen molar-refractivity contribution in [2.75, 3.05) is 18.1 Å². The fraction of sp³-hybridized carbons (Fsp3) is 0.611. The van der Waals surface area contributed by atoms with Crippen LogP contribution in [0.2, 0.25) is 0 Å². The number of hydrogen-bond donors (Lipinski definition) is 1. The van der Waals surface area contributed by atoms with Gasteiger partial charge in [0.05, 0.1) is 6.07 Å². The lowest BCUT2D eigenvalue weighted by atomic mass is 9.88. The zero-order valence-electron chi connectivity index (χ0n) is 13.0. The van der Waals surface area contributed by atoms with Gasteiger partial charge >= 0.3 is 0 Å². The summed E-state index contributed by atoms with van der Waals surface area (Å²) in [6.45, 7) is 2.89. The first-order valence-corrected chi connectivity index (χ1v) is 9.26. The molecule has 114 valence electrons. The van der Waals surface area contributed by atoms with Crippen molar-refractivity contribution >= 4 is 11.8 Å². The molecule has 0 radical (unpaired) electrons. The summed E-state index contributed by atoms with van der Waals surface area (Å²) in [5.74, 6) is 3.23. The van der Waals surface area contributed by atoms with E-state index in [0.29, 0.717) is 0 Å². The first kappa shape index (κ1) is 16.4. The number of benzene rings is 1. The lowest BCUT2D eigenvalue weighted by molar-refractivity contribution is 0.428. The Balaban J connectivity index is 1.91. The van der Waals surface area contributed by atoms with Gasteiger partial charge in [0.1, 0.15) is 5.54 Å². The number of nitrogens with one attached hydrogen (secondary N) is 1. The second kappa shape index (κ2) is 8.46. The van der Waals surface area contributed by atoms with Gasteiger partial charge in [-0.1, -0.05) is 50.1 Å². The van der Waals surface area contributed by atoms with Crippen molar-refractivity contribution in [2.45, 2.75) is 44.6 Å². The SMILES string of the molecule is CCNC(C#N)(CCSCC1CCCC1)c1ccccc1. The molecule has 1 saturated carbocycles. The third-order valence-corrected chi connectivity index (χ3v) is 5.59. The summed E-state index contributed by atoms with van der Waals surface area (Å²) in [5.41, 5.74) is 0.564. The molecule has 3 heteroatoms. The van der Waals surface area contributed by atoms with Crippen molar-refractivity contribution in [3.8, 4) is 6.07 Å². The predicted molar refractivity (Wildman–Crippen MR) is 91.3 cm³/mol. The molecular weight excluding hydrogens is 276 g/mol. The van der Waals surface area contributed by atoms with E-state index in [-0.39, 0.29) is 0 Å².